The lowest BCUT2D eigenvalue weighted by Gasteiger charge is -2.53. The van der Waals surface area contributed by atoms with Crippen LogP contribution in [0, 0.1) is 5.41 Å². The normalized spacial score (nSPS) is 16.7. The second-order valence-corrected chi connectivity index (χ2v) is 18.8. The quantitative estimate of drug-likeness (QED) is 0.212. The Kier molecular flexibility index (Phi) is 8.37. The number of aryl methyl sites for hydroxylation is 1. The molecule has 9 nitrogen and oxygen atoms in total. The van der Waals surface area contributed by atoms with E-state index in [1.54, 1.807) is 25.7 Å². The predicted octanol–water partition coefficient (Wildman–Crippen LogP) is 6.14. The maximum absolute atomic E-state index is 5.99. The second kappa shape index (κ2) is 11.9. The van der Waals surface area contributed by atoms with Crippen LogP contribution in [0.1, 0.15) is 25.3 Å². The van der Waals surface area contributed by atoms with Crippen molar-refractivity contribution < 1.29 is 4.74 Å². The number of halogens is 1. The molecule has 0 aliphatic carbocycles. The molecule has 2 saturated heterocycles. The SMILES string of the molecule is CCc1cc(Nc2ncc(Br)c(Nc3ccc4nccnc4c3P(C)(C)=S)n2)c(OC)cc1N1CCC2(CC1)CN(C)C2. The summed E-state index contributed by atoms with van der Waals surface area (Å²) in [6.07, 6.45) is 8.55. The van der Waals surface area contributed by atoms with Crippen molar-refractivity contribution >= 4 is 78.9 Å². The average molecular weight is 682 g/mol. The molecule has 2 aliphatic heterocycles. The van der Waals surface area contributed by atoms with E-state index in [-0.39, 0.29) is 0 Å². The van der Waals surface area contributed by atoms with Crippen molar-refractivity contribution in [2.75, 3.05) is 69.2 Å². The number of fused-ring (bicyclic) bond motifs is 1. The number of methoxy groups -OCH3 is 1. The van der Waals surface area contributed by atoms with Gasteiger partial charge in [0.15, 0.2) is 0 Å². The smallest absolute Gasteiger partial charge is 0.229 e. The summed E-state index contributed by atoms with van der Waals surface area (Å²) < 4.78 is 6.62. The number of likely N-dealkylation sites (tertiary alicyclic amines) is 1. The number of hydrogen-bond acceptors (Lipinski definition) is 10. The molecule has 12 heteroatoms. The van der Waals surface area contributed by atoms with Gasteiger partial charge in [-0.05, 0) is 90.8 Å². The van der Waals surface area contributed by atoms with Crippen LogP contribution in [0.5, 0.6) is 5.75 Å². The van der Waals surface area contributed by atoms with E-state index in [0.29, 0.717) is 17.2 Å². The molecule has 0 bridgehead atoms. The highest BCUT2D eigenvalue weighted by Gasteiger charge is 2.43. The number of anilines is 5. The molecule has 1 spiro atoms. The lowest BCUT2D eigenvalue weighted by molar-refractivity contribution is 0.00129. The Hall–Kier alpha value is -2.85. The fraction of sp³-hybridized carbons (Fsp3) is 0.419. The molecule has 226 valence electrons. The Bertz CT molecular complexity index is 1710. The van der Waals surface area contributed by atoms with Crippen molar-refractivity contribution in [2.45, 2.75) is 26.2 Å². The molecule has 0 amide bonds. The van der Waals surface area contributed by atoms with Crippen molar-refractivity contribution in [3.05, 3.63) is 52.9 Å². The summed E-state index contributed by atoms with van der Waals surface area (Å²) in [5.74, 6) is 1.85. The monoisotopic (exact) mass is 680 g/mol. The third kappa shape index (κ3) is 6.10. The van der Waals surface area contributed by atoms with Crippen LogP contribution in [-0.4, -0.2) is 78.5 Å². The molecule has 4 aromatic rings. The molecule has 2 aromatic heterocycles. The van der Waals surface area contributed by atoms with Crippen LogP contribution in [0.15, 0.2) is 47.3 Å². The highest BCUT2D eigenvalue weighted by atomic mass is 79.9. The van der Waals surface area contributed by atoms with E-state index in [1.807, 2.05) is 12.1 Å². The number of nitrogens with one attached hydrogen (secondary N) is 2. The zero-order chi connectivity index (χ0) is 30.4. The zero-order valence-electron chi connectivity index (χ0n) is 25.3. The molecule has 0 radical (unpaired) electrons. The summed E-state index contributed by atoms with van der Waals surface area (Å²) in [5.41, 5.74) is 6.41. The fourth-order valence-corrected chi connectivity index (χ4v) is 8.76. The van der Waals surface area contributed by atoms with Crippen molar-refractivity contribution in [3.63, 3.8) is 0 Å². The summed E-state index contributed by atoms with van der Waals surface area (Å²) in [5, 5.41) is 7.93. The van der Waals surface area contributed by atoms with Crippen LogP contribution >= 0.6 is 22.0 Å². The lowest BCUT2D eigenvalue weighted by Crippen LogP contribution is -2.58. The number of nitrogens with zero attached hydrogens (tertiary/aromatic N) is 6. The molecular weight excluding hydrogens is 643 g/mol. The first kappa shape index (κ1) is 30.2. The van der Waals surface area contributed by atoms with Crippen LogP contribution < -0.4 is 25.6 Å². The zero-order valence-corrected chi connectivity index (χ0v) is 28.6. The maximum atomic E-state index is 5.99. The van der Waals surface area contributed by atoms with E-state index in [2.05, 4.69) is 90.7 Å². The van der Waals surface area contributed by atoms with Gasteiger partial charge in [-0.2, -0.15) is 4.98 Å². The molecule has 2 N–H and O–H groups in total. The third-order valence-electron chi connectivity index (χ3n) is 8.55. The van der Waals surface area contributed by atoms with Gasteiger partial charge in [-0.25, -0.2) is 4.98 Å². The Morgan fingerprint density at radius 2 is 1.79 bits per heavy atom. The number of ether oxygens (including phenoxy) is 1. The van der Waals surface area contributed by atoms with Gasteiger partial charge in [-0.15, -0.1) is 0 Å². The standard InChI is InChI=1S/C31H38BrN8OPS/c1-6-20-15-24(26(41-3)16-25(20)40-13-9-31(10-14-40)18-39(2)19-31)37-30-35-17-21(32)29(38-30)36-23-8-7-22-27(34-12-11-33-22)28(23)42(4,5)43/h7-8,11-12,15-17H,6,9-10,13-14,18-19H2,1-5H3,(H2,35,36,37,38). The van der Waals surface area contributed by atoms with E-state index >= 15 is 0 Å². The van der Waals surface area contributed by atoms with Crippen LogP contribution in [0.25, 0.3) is 11.0 Å². The van der Waals surface area contributed by atoms with Gasteiger partial charge in [0.1, 0.15) is 11.6 Å². The van der Waals surface area contributed by atoms with Gasteiger partial charge in [0.05, 0.1) is 34.0 Å². The first-order chi connectivity index (χ1) is 20.6. The average Bonchev–Trinajstić information content (AvgIpc) is 2.97. The summed E-state index contributed by atoms with van der Waals surface area (Å²) in [4.78, 5) is 23.5. The summed E-state index contributed by atoms with van der Waals surface area (Å²) in [6.45, 7) is 11.0. The van der Waals surface area contributed by atoms with Crippen molar-refractivity contribution in [3.8, 4) is 5.75 Å². The van der Waals surface area contributed by atoms with Gasteiger partial charge < -0.3 is 25.2 Å². The third-order valence-corrected chi connectivity index (χ3v) is 11.2. The Balaban J connectivity index is 1.27. The predicted molar refractivity (Wildman–Crippen MR) is 185 cm³/mol. The van der Waals surface area contributed by atoms with Crippen molar-refractivity contribution in [1.29, 1.82) is 0 Å². The van der Waals surface area contributed by atoms with Crippen LogP contribution in [-0.2, 0) is 18.2 Å². The molecule has 2 aliphatic rings. The van der Waals surface area contributed by atoms with Crippen molar-refractivity contribution in [1.82, 2.24) is 24.8 Å². The number of aromatic nitrogens is 4. The van der Waals surface area contributed by atoms with E-state index in [9.17, 15) is 0 Å². The van der Waals surface area contributed by atoms with Crippen molar-refractivity contribution in [2.24, 2.45) is 5.41 Å². The Morgan fingerprint density at radius 3 is 2.47 bits per heavy atom. The van der Waals surface area contributed by atoms with Crippen LogP contribution in [0.3, 0.4) is 0 Å². The van der Waals surface area contributed by atoms with Gasteiger partial charge in [-0.3, -0.25) is 9.97 Å². The minimum Gasteiger partial charge on any atom is -0.494 e. The van der Waals surface area contributed by atoms with Gasteiger partial charge in [0.2, 0.25) is 5.95 Å². The summed E-state index contributed by atoms with van der Waals surface area (Å²) in [6, 6.07) is 6.41. The molecule has 6 rings (SSSR count). The minimum atomic E-state index is -1.89. The molecule has 0 unspecified atom stereocenters. The number of hydrogen-bond donors (Lipinski definition) is 2. The summed E-state index contributed by atoms with van der Waals surface area (Å²) >= 11 is 9.62. The molecule has 0 atom stereocenters. The van der Waals surface area contributed by atoms with E-state index in [0.717, 1.165) is 57.4 Å². The lowest BCUT2D eigenvalue weighted by atomic mass is 9.72. The van der Waals surface area contributed by atoms with Gasteiger partial charge >= 0.3 is 0 Å². The Morgan fingerprint density at radius 1 is 1.05 bits per heavy atom. The summed E-state index contributed by atoms with van der Waals surface area (Å²) in [7, 11) is 3.93. The largest absolute Gasteiger partial charge is 0.494 e. The number of piperidine rings is 1. The molecule has 2 aromatic carbocycles. The number of rotatable bonds is 8. The van der Waals surface area contributed by atoms with Gasteiger partial charge in [-0.1, -0.05) is 18.7 Å². The molecule has 2 fully saturated rings. The molecular formula is C31H38BrN8OPS. The van der Waals surface area contributed by atoms with E-state index < -0.39 is 6.04 Å². The van der Waals surface area contributed by atoms with Crippen LogP contribution in [0.4, 0.5) is 28.8 Å². The Labute approximate surface area is 267 Å². The topological polar surface area (TPSA) is 91.3 Å². The number of benzene rings is 2. The first-order valence-corrected chi connectivity index (χ1v) is 19.1. The van der Waals surface area contributed by atoms with E-state index in [1.165, 1.54) is 37.2 Å². The molecule has 4 heterocycles. The van der Waals surface area contributed by atoms with Gasteiger partial charge in [0, 0.05) is 61.8 Å². The van der Waals surface area contributed by atoms with Gasteiger partial charge in [0.25, 0.3) is 0 Å². The molecule has 43 heavy (non-hydrogen) atoms. The molecule has 0 saturated carbocycles. The van der Waals surface area contributed by atoms with Crippen LogP contribution in [0.2, 0.25) is 0 Å². The minimum absolute atomic E-state index is 0.461. The second-order valence-electron chi connectivity index (χ2n) is 12.1. The first-order valence-electron chi connectivity index (χ1n) is 14.6. The highest BCUT2D eigenvalue weighted by Crippen LogP contribution is 2.44. The maximum Gasteiger partial charge on any atom is 0.229 e. The highest BCUT2D eigenvalue weighted by molar-refractivity contribution is 9.10. The van der Waals surface area contributed by atoms with E-state index in [4.69, 9.17) is 21.5 Å². The fourth-order valence-electron chi connectivity index (χ4n) is 6.53.